The summed E-state index contributed by atoms with van der Waals surface area (Å²) in [7, 11) is 1.79. The number of rotatable bonds is 2. The predicted octanol–water partition coefficient (Wildman–Crippen LogP) is 3.00. The van der Waals surface area contributed by atoms with E-state index in [0.29, 0.717) is 11.0 Å². The van der Waals surface area contributed by atoms with Gasteiger partial charge in [0.15, 0.2) is 0 Å². The summed E-state index contributed by atoms with van der Waals surface area (Å²) in [6.07, 6.45) is 2.96. The largest absolute Gasteiger partial charge is 0.478 e. The quantitative estimate of drug-likeness (QED) is 0.834. The molecule has 0 aliphatic heterocycles. The van der Waals surface area contributed by atoms with Gasteiger partial charge in [0.2, 0.25) is 0 Å². The summed E-state index contributed by atoms with van der Waals surface area (Å²) in [4.78, 5) is 12.5. The maximum Gasteiger partial charge on any atom is 0.338 e. The van der Waals surface area contributed by atoms with E-state index in [4.69, 9.17) is 0 Å². The molecule has 0 bridgehead atoms. The molecule has 88 valence electrons. The van der Waals surface area contributed by atoms with Gasteiger partial charge in [0.1, 0.15) is 5.00 Å². The summed E-state index contributed by atoms with van der Waals surface area (Å²) >= 11 is 1.60. The molecule has 0 atom stereocenters. The Morgan fingerprint density at radius 3 is 2.75 bits per heavy atom. The number of hydrogen-bond acceptors (Lipinski definition) is 3. The summed E-state index contributed by atoms with van der Waals surface area (Å²) in [5, 5.41) is 13.0. The van der Waals surface area contributed by atoms with E-state index in [0.717, 1.165) is 29.8 Å². The normalized spacial score (nSPS) is 17.9. The molecular formula is C12H17NO2S. The molecule has 2 N–H and O–H groups in total. The summed E-state index contributed by atoms with van der Waals surface area (Å²) in [5.41, 5.74) is 1.86. The lowest BCUT2D eigenvalue weighted by Gasteiger charge is -2.29. The van der Waals surface area contributed by atoms with Crippen LogP contribution in [-0.4, -0.2) is 18.1 Å². The molecule has 1 aliphatic carbocycles. The number of fused-ring (bicyclic) bond motifs is 1. The number of carbonyl (C=O) groups is 1. The first-order chi connectivity index (χ1) is 7.44. The van der Waals surface area contributed by atoms with Crippen LogP contribution in [0, 0.1) is 5.41 Å². The third-order valence-electron chi connectivity index (χ3n) is 3.22. The molecule has 0 fully saturated rings. The van der Waals surface area contributed by atoms with Crippen LogP contribution in [0.25, 0.3) is 0 Å². The van der Waals surface area contributed by atoms with E-state index in [1.165, 1.54) is 4.88 Å². The molecule has 0 radical (unpaired) electrons. The van der Waals surface area contributed by atoms with Gasteiger partial charge >= 0.3 is 5.97 Å². The Morgan fingerprint density at radius 2 is 2.19 bits per heavy atom. The molecule has 0 aromatic carbocycles. The van der Waals surface area contributed by atoms with Crippen LogP contribution >= 0.6 is 11.3 Å². The van der Waals surface area contributed by atoms with Gasteiger partial charge in [-0.05, 0) is 30.2 Å². The van der Waals surface area contributed by atoms with Crippen LogP contribution < -0.4 is 5.32 Å². The minimum absolute atomic E-state index is 0.304. The Balaban J connectivity index is 2.49. The fraction of sp³-hybridized carbons (Fsp3) is 0.583. The van der Waals surface area contributed by atoms with Crippen LogP contribution in [0.2, 0.25) is 0 Å². The second-order valence-corrected chi connectivity index (χ2v) is 6.21. The first-order valence-corrected chi connectivity index (χ1v) is 6.32. The fourth-order valence-electron chi connectivity index (χ4n) is 2.31. The Bertz CT molecular complexity index is 434. The van der Waals surface area contributed by atoms with Crippen molar-refractivity contribution in [2.45, 2.75) is 33.1 Å². The summed E-state index contributed by atoms with van der Waals surface area (Å²) < 4.78 is 0. The van der Waals surface area contributed by atoms with E-state index in [9.17, 15) is 9.90 Å². The van der Waals surface area contributed by atoms with Gasteiger partial charge < -0.3 is 10.4 Å². The first-order valence-electron chi connectivity index (χ1n) is 5.50. The van der Waals surface area contributed by atoms with Crippen LogP contribution in [0.1, 0.15) is 41.1 Å². The average Bonchev–Trinajstić information content (AvgIpc) is 2.53. The molecule has 16 heavy (non-hydrogen) atoms. The van der Waals surface area contributed by atoms with Gasteiger partial charge in [0.05, 0.1) is 5.56 Å². The summed E-state index contributed by atoms with van der Waals surface area (Å²) in [6.45, 7) is 4.49. The second-order valence-electron chi connectivity index (χ2n) is 5.10. The zero-order valence-corrected chi connectivity index (χ0v) is 10.7. The Kier molecular flexibility index (Phi) is 2.70. The Morgan fingerprint density at radius 1 is 1.50 bits per heavy atom. The number of hydrogen-bond donors (Lipinski definition) is 2. The number of anilines is 1. The lowest BCUT2D eigenvalue weighted by molar-refractivity contribution is 0.0696. The minimum Gasteiger partial charge on any atom is -0.478 e. The van der Waals surface area contributed by atoms with Gasteiger partial charge in [-0.3, -0.25) is 0 Å². The third-order valence-corrected chi connectivity index (χ3v) is 4.47. The van der Waals surface area contributed by atoms with Crippen molar-refractivity contribution in [1.29, 1.82) is 0 Å². The topological polar surface area (TPSA) is 49.3 Å². The van der Waals surface area contributed by atoms with E-state index >= 15 is 0 Å². The number of nitrogens with one attached hydrogen (secondary N) is 1. The lowest BCUT2D eigenvalue weighted by atomic mass is 9.77. The maximum absolute atomic E-state index is 11.2. The van der Waals surface area contributed by atoms with Crippen molar-refractivity contribution in [3.8, 4) is 0 Å². The van der Waals surface area contributed by atoms with Crippen molar-refractivity contribution in [3.05, 3.63) is 16.0 Å². The standard InChI is InChI=1S/C12H17NO2S/c1-12(2)5-4-7-8(6-12)16-10(13-3)9(7)11(14)15/h13H,4-6H2,1-3H3,(H,14,15). The summed E-state index contributed by atoms with van der Waals surface area (Å²) in [5.74, 6) is -0.804. The predicted molar refractivity (Wildman–Crippen MR) is 66.6 cm³/mol. The second kappa shape index (κ2) is 3.77. The molecule has 0 spiro atoms. The molecular weight excluding hydrogens is 222 g/mol. The van der Waals surface area contributed by atoms with Gasteiger partial charge in [-0.2, -0.15) is 0 Å². The maximum atomic E-state index is 11.2. The molecule has 3 nitrogen and oxygen atoms in total. The highest BCUT2D eigenvalue weighted by Gasteiger charge is 2.31. The van der Waals surface area contributed by atoms with E-state index < -0.39 is 5.97 Å². The van der Waals surface area contributed by atoms with Gasteiger partial charge in [-0.15, -0.1) is 11.3 Å². The molecule has 1 aromatic heterocycles. The van der Waals surface area contributed by atoms with Crippen molar-refractivity contribution >= 4 is 22.3 Å². The van der Waals surface area contributed by atoms with Crippen molar-refractivity contribution in [1.82, 2.24) is 0 Å². The van der Waals surface area contributed by atoms with E-state index in [1.807, 2.05) is 0 Å². The van der Waals surface area contributed by atoms with Crippen molar-refractivity contribution < 1.29 is 9.90 Å². The van der Waals surface area contributed by atoms with Crippen LogP contribution in [0.15, 0.2) is 0 Å². The molecule has 2 rings (SSSR count). The Hall–Kier alpha value is -1.03. The van der Waals surface area contributed by atoms with E-state index in [2.05, 4.69) is 19.2 Å². The minimum atomic E-state index is -0.804. The van der Waals surface area contributed by atoms with Gasteiger partial charge in [0, 0.05) is 11.9 Å². The Labute approximate surface area is 99.5 Å². The molecule has 1 heterocycles. The van der Waals surface area contributed by atoms with Crippen LogP contribution in [-0.2, 0) is 12.8 Å². The monoisotopic (exact) mass is 239 g/mol. The highest BCUT2D eigenvalue weighted by atomic mass is 32.1. The van der Waals surface area contributed by atoms with E-state index in [1.54, 1.807) is 18.4 Å². The highest BCUT2D eigenvalue weighted by molar-refractivity contribution is 7.16. The third kappa shape index (κ3) is 1.82. The van der Waals surface area contributed by atoms with E-state index in [-0.39, 0.29) is 0 Å². The number of aromatic carboxylic acids is 1. The fourth-order valence-corrected chi connectivity index (χ4v) is 3.76. The first kappa shape index (κ1) is 11.5. The molecule has 0 amide bonds. The molecule has 1 aliphatic rings. The molecule has 0 unspecified atom stereocenters. The average molecular weight is 239 g/mol. The summed E-state index contributed by atoms with van der Waals surface area (Å²) in [6, 6.07) is 0. The van der Waals surface area contributed by atoms with Gasteiger partial charge in [-0.25, -0.2) is 4.79 Å². The van der Waals surface area contributed by atoms with Crippen LogP contribution in [0.3, 0.4) is 0 Å². The molecule has 1 aromatic rings. The van der Waals surface area contributed by atoms with Gasteiger partial charge in [0.25, 0.3) is 0 Å². The number of carboxylic acids is 1. The smallest absolute Gasteiger partial charge is 0.338 e. The van der Waals surface area contributed by atoms with Crippen molar-refractivity contribution in [3.63, 3.8) is 0 Å². The molecule has 0 saturated heterocycles. The SMILES string of the molecule is CNc1sc2c(c1C(=O)O)CCC(C)(C)C2. The number of thiophene rings is 1. The van der Waals surface area contributed by atoms with Crippen molar-refractivity contribution in [2.24, 2.45) is 5.41 Å². The zero-order chi connectivity index (χ0) is 11.9. The van der Waals surface area contributed by atoms with Crippen LogP contribution in [0.4, 0.5) is 5.00 Å². The number of carboxylic acid groups (broad SMARTS) is 1. The van der Waals surface area contributed by atoms with Crippen molar-refractivity contribution in [2.75, 3.05) is 12.4 Å². The highest BCUT2D eigenvalue weighted by Crippen LogP contribution is 2.43. The van der Waals surface area contributed by atoms with Crippen LogP contribution in [0.5, 0.6) is 0 Å². The van der Waals surface area contributed by atoms with Gasteiger partial charge in [-0.1, -0.05) is 13.8 Å². The lowest BCUT2D eigenvalue weighted by Crippen LogP contribution is -2.21. The molecule has 0 saturated carbocycles. The molecule has 4 heteroatoms. The zero-order valence-electron chi connectivity index (χ0n) is 9.89.